The Bertz CT molecular complexity index is 440. The van der Waals surface area contributed by atoms with E-state index in [9.17, 15) is 4.79 Å². The third-order valence-electron chi connectivity index (χ3n) is 1.48. The maximum absolute atomic E-state index is 10.9. The summed E-state index contributed by atoms with van der Waals surface area (Å²) in [5, 5.41) is 11.5. The van der Waals surface area contributed by atoms with Gasteiger partial charge in [-0.15, -0.1) is 0 Å². The first-order valence-electron chi connectivity index (χ1n) is 3.08. The first-order chi connectivity index (χ1) is 5.29. The van der Waals surface area contributed by atoms with Crippen molar-refractivity contribution in [2.75, 3.05) is 0 Å². The molecule has 0 aliphatic heterocycles. The van der Waals surface area contributed by atoms with E-state index in [0.29, 0.717) is 5.58 Å². The van der Waals surface area contributed by atoms with E-state index >= 15 is 0 Å². The van der Waals surface area contributed by atoms with Gasteiger partial charge in [0.1, 0.15) is 11.1 Å². The monoisotopic (exact) mass is 151 g/mol. The van der Waals surface area contributed by atoms with Crippen LogP contribution in [0.3, 0.4) is 0 Å². The molecule has 1 aromatic heterocycles. The molecule has 0 aliphatic rings. The Hall–Kier alpha value is -1.71. The van der Waals surface area contributed by atoms with Crippen molar-refractivity contribution in [1.82, 2.24) is 5.16 Å². The number of aromatic nitrogens is 1. The molecule has 0 radical (unpaired) electrons. The predicted octanol–water partition coefficient (Wildman–Crippen LogP) is 0.827. The van der Waals surface area contributed by atoms with E-state index in [-0.39, 0.29) is 11.1 Å². The average molecular weight is 151 g/mol. The Morgan fingerprint density at radius 2 is 2.27 bits per heavy atom. The van der Waals surface area contributed by atoms with Crippen molar-refractivity contribution in [2.24, 2.45) is 0 Å². The number of hydrogen-bond donors (Lipinski definition) is 2. The second-order valence-electron chi connectivity index (χ2n) is 2.18. The molecular weight excluding hydrogens is 146 g/mol. The van der Waals surface area contributed by atoms with Crippen LogP contribution in [0.25, 0.3) is 11.0 Å². The van der Waals surface area contributed by atoms with Gasteiger partial charge in [0.05, 0.1) is 0 Å². The lowest BCUT2D eigenvalue weighted by Gasteiger charge is -1.87. The fraction of sp³-hybridized carbons (Fsp3) is 0. The summed E-state index contributed by atoms with van der Waals surface area (Å²) >= 11 is 0. The van der Waals surface area contributed by atoms with Crippen LogP contribution in [0, 0.1) is 0 Å². The van der Waals surface area contributed by atoms with E-state index in [1.54, 1.807) is 12.1 Å². The van der Waals surface area contributed by atoms with Crippen molar-refractivity contribution in [1.29, 1.82) is 0 Å². The fourth-order valence-electron chi connectivity index (χ4n) is 0.985. The summed E-state index contributed by atoms with van der Waals surface area (Å²) in [4.78, 5) is 10.9. The molecule has 0 amide bonds. The van der Waals surface area contributed by atoms with E-state index in [2.05, 4.69) is 5.16 Å². The molecule has 0 unspecified atom stereocenters. The summed E-state index contributed by atoms with van der Waals surface area (Å²) in [5.74, 6) is -0.0579. The van der Waals surface area contributed by atoms with Crippen LogP contribution in [-0.2, 0) is 0 Å². The van der Waals surface area contributed by atoms with Crippen LogP contribution in [0.2, 0.25) is 0 Å². The van der Waals surface area contributed by atoms with Crippen molar-refractivity contribution < 1.29 is 9.63 Å². The molecule has 0 saturated carbocycles. The number of phenols is 1. The molecule has 1 heterocycles. The molecule has 2 rings (SSSR count). The van der Waals surface area contributed by atoms with Crippen LogP contribution >= 0.6 is 0 Å². The van der Waals surface area contributed by atoms with Crippen LogP contribution in [0.5, 0.6) is 5.75 Å². The minimum absolute atomic E-state index is 0.0579. The Balaban J connectivity index is 3.08. The molecule has 4 heteroatoms. The van der Waals surface area contributed by atoms with Crippen molar-refractivity contribution >= 4 is 11.0 Å². The highest BCUT2D eigenvalue weighted by Gasteiger charge is 2.05. The summed E-state index contributed by atoms with van der Waals surface area (Å²) in [6.07, 6.45) is 0. The number of aromatic amines is 1. The van der Waals surface area contributed by atoms with Gasteiger partial charge in [-0.1, -0.05) is 6.07 Å². The van der Waals surface area contributed by atoms with Crippen molar-refractivity contribution in [2.45, 2.75) is 0 Å². The maximum atomic E-state index is 10.9. The van der Waals surface area contributed by atoms with Crippen molar-refractivity contribution in [3.05, 3.63) is 28.6 Å². The highest BCUT2D eigenvalue weighted by molar-refractivity contribution is 5.82. The largest absolute Gasteiger partial charge is 0.507 e. The number of aromatic hydroxyl groups is 1. The van der Waals surface area contributed by atoms with Crippen LogP contribution in [0.15, 0.2) is 27.5 Å². The molecule has 1 aromatic carbocycles. The summed E-state index contributed by atoms with van der Waals surface area (Å²) in [6.45, 7) is 0. The smallest absolute Gasteiger partial charge is 0.291 e. The number of H-pyrrole nitrogens is 1. The lowest BCUT2D eigenvalue weighted by Crippen LogP contribution is -1.96. The van der Waals surface area contributed by atoms with Gasteiger partial charge in [-0.2, -0.15) is 5.16 Å². The van der Waals surface area contributed by atoms with Crippen LogP contribution < -0.4 is 5.56 Å². The molecule has 2 aromatic rings. The molecule has 0 spiro atoms. The van der Waals surface area contributed by atoms with E-state index in [4.69, 9.17) is 9.63 Å². The van der Waals surface area contributed by atoms with E-state index in [0.717, 1.165) is 0 Å². The molecule has 56 valence electrons. The number of benzene rings is 1. The third-order valence-corrected chi connectivity index (χ3v) is 1.48. The Morgan fingerprint density at radius 1 is 1.45 bits per heavy atom. The van der Waals surface area contributed by atoms with Gasteiger partial charge in [0.25, 0.3) is 5.56 Å². The lowest BCUT2D eigenvalue weighted by molar-refractivity contribution is 0.448. The second kappa shape index (κ2) is 1.88. The Morgan fingerprint density at radius 3 is 3.00 bits per heavy atom. The topological polar surface area (TPSA) is 66.2 Å². The number of hydrogen-bond acceptors (Lipinski definition) is 3. The third kappa shape index (κ3) is 0.724. The molecule has 11 heavy (non-hydrogen) atoms. The van der Waals surface area contributed by atoms with Gasteiger partial charge in [0, 0.05) is 0 Å². The zero-order chi connectivity index (χ0) is 7.84. The van der Waals surface area contributed by atoms with Gasteiger partial charge >= 0.3 is 0 Å². The second-order valence-corrected chi connectivity index (χ2v) is 2.18. The lowest BCUT2D eigenvalue weighted by atomic mass is 10.2. The number of phenolic OH excluding ortho intramolecular Hbond substituents is 1. The van der Waals surface area contributed by atoms with Gasteiger partial charge in [0.2, 0.25) is 0 Å². The van der Waals surface area contributed by atoms with E-state index in [1.807, 2.05) is 0 Å². The molecule has 4 nitrogen and oxygen atoms in total. The number of fused-ring (bicyclic) bond motifs is 1. The van der Waals surface area contributed by atoms with E-state index < -0.39 is 5.56 Å². The average Bonchev–Trinajstić information content (AvgIpc) is 2.34. The summed E-state index contributed by atoms with van der Waals surface area (Å²) in [6, 6.07) is 4.65. The highest BCUT2D eigenvalue weighted by atomic mass is 16.5. The predicted molar refractivity (Wildman–Crippen MR) is 38.5 cm³/mol. The van der Waals surface area contributed by atoms with Gasteiger partial charge < -0.3 is 9.63 Å². The van der Waals surface area contributed by atoms with Gasteiger partial charge in [-0.25, -0.2) is 0 Å². The van der Waals surface area contributed by atoms with E-state index in [1.165, 1.54) is 6.07 Å². The zero-order valence-corrected chi connectivity index (χ0v) is 5.50. The maximum Gasteiger partial charge on any atom is 0.291 e. The van der Waals surface area contributed by atoms with Crippen LogP contribution in [0.4, 0.5) is 0 Å². The first kappa shape index (κ1) is 6.03. The first-order valence-corrected chi connectivity index (χ1v) is 3.08. The molecule has 0 saturated heterocycles. The summed E-state index contributed by atoms with van der Waals surface area (Å²) < 4.78 is 4.73. The van der Waals surface area contributed by atoms with Crippen molar-refractivity contribution in [3.8, 4) is 5.75 Å². The SMILES string of the molecule is O=c1[nH]oc2cccc(O)c12. The summed E-state index contributed by atoms with van der Waals surface area (Å²) in [5.41, 5.74) is -0.0342. The minimum atomic E-state index is -0.405. The Kier molecular flexibility index (Phi) is 1.03. The molecule has 0 fully saturated rings. The minimum Gasteiger partial charge on any atom is -0.507 e. The summed E-state index contributed by atoms with van der Waals surface area (Å²) in [7, 11) is 0. The zero-order valence-electron chi connectivity index (χ0n) is 5.50. The van der Waals surface area contributed by atoms with Crippen LogP contribution in [0.1, 0.15) is 0 Å². The quantitative estimate of drug-likeness (QED) is 0.585. The fourth-order valence-corrected chi connectivity index (χ4v) is 0.985. The van der Waals surface area contributed by atoms with Gasteiger partial charge in [0.15, 0.2) is 5.58 Å². The highest BCUT2D eigenvalue weighted by Crippen LogP contribution is 2.19. The molecular formula is C7H5NO3. The van der Waals surface area contributed by atoms with Gasteiger partial charge in [-0.3, -0.25) is 4.79 Å². The van der Waals surface area contributed by atoms with Crippen LogP contribution in [-0.4, -0.2) is 10.3 Å². The van der Waals surface area contributed by atoms with Gasteiger partial charge in [-0.05, 0) is 12.1 Å². The molecule has 0 aliphatic carbocycles. The normalized spacial score (nSPS) is 10.5. The van der Waals surface area contributed by atoms with Crippen molar-refractivity contribution in [3.63, 3.8) is 0 Å². The molecule has 0 atom stereocenters. The molecule has 2 N–H and O–H groups in total. The number of rotatable bonds is 0. The standard InChI is InChI=1S/C7H5NO3/c9-4-2-1-3-5-6(4)7(10)8-11-5/h1-3,9H,(H,8,10). The molecule has 0 bridgehead atoms. The Labute approximate surface area is 61.0 Å². The number of nitrogens with one attached hydrogen (secondary N) is 1.